The maximum Gasteiger partial charge on any atom is 0.223 e. The number of anilines is 1. The fourth-order valence-corrected chi connectivity index (χ4v) is 2.28. The number of aliphatic hydroxyl groups excluding tert-OH is 1. The Morgan fingerprint density at radius 3 is 2.62 bits per heavy atom. The zero-order valence-corrected chi connectivity index (χ0v) is 13.4. The minimum Gasteiger partial charge on any atom is -0.485 e. The van der Waals surface area contributed by atoms with Gasteiger partial charge in [0.15, 0.2) is 6.61 Å². The van der Waals surface area contributed by atoms with Gasteiger partial charge in [0.05, 0.1) is 6.61 Å². The molecule has 0 spiro atoms. The molecular weight excluding hydrogens is 306 g/mol. The van der Waals surface area contributed by atoms with Crippen molar-refractivity contribution in [3.8, 4) is 5.75 Å². The van der Waals surface area contributed by atoms with Gasteiger partial charge in [0.1, 0.15) is 5.75 Å². The molecule has 0 saturated heterocycles. The first-order valence-corrected chi connectivity index (χ1v) is 7.68. The lowest BCUT2D eigenvalue weighted by Crippen LogP contribution is -2.02. The molecule has 0 amide bonds. The molecule has 1 heterocycles. The van der Waals surface area contributed by atoms with E-state index in [2.05, 4.69) is 15.5 Å². The van der Waals surface area contributed by atoms with Crippen molar-refractivity contribution in [1.82, 2.24) is 10.1 Å². The Hall–Kier alpha value is -2.86. The predicted octanol–water partition coefficient (Wildman–Crippen LogP) is 3.06. The quantitative estimate of drug-likeness (QED) is 0.695. The van der Waals surface area contributed by atoms with Crippen LogP contribution < -0.4 is 10.1 Å². The van der Waals surface area contributed by atoms with E-state index in [4.69, 9.17) is 9.26 Å². The first-order valence-electron chi connectivity index (χ1n) is 7.68. The van der Waals surface area contributed by atoms with Crippen LogP contribution in [0.2, 0.25) is 0 Å². The van der Waals surface area contributed by atoms with Crippen LogP contribution in [0.5, 0.6) is 5.75 Å². The lowest BCUT2D eigenvalue weighted by Gasteiger charge is -2.11. The van der Waals surface area contributed by atoms with Gasteiger partial charge in [-0.2, -0.15) is 4.98 Å². The smallest absolute Gasteiger partial charge is 0.223 e. The summed E-state index contributed by atoms with van der Waals surface area (Å²) in [4.78, 5) is 4.09. The molecule has 6 nitrogen and oxygen atoms in total. The van der Waals surface area contributed by atoms with E-state index in [1.165, 1.54) is 0 Å². The minimum atomic E-state index is 0.0194. The average molecular weight is 325 g/mol. The van der Waals surface area contributed by atoms with Crippen LogP contribution in [0, 0.1) is 6.92 Å². The average Bonchev–Trinajstić information content (AvgIpc) is 3.04. The second kappa shape index (κ2) is 7.61. The van der Waals surface area contributed by atoms with Crippen LogP contribution in [0.3, 0.4) is 0 Å². The van der Waals surface area contributed by atoms with E-state index in [-0.39, 0.29) is 13.2 Å². The Kier molecular flexibility index (Phi) is 5.08. The summed E-state index contributed by atoms with van der Waals surface area (Å²) >= 11 is 0. The second-order valence-corrected chi connectivity index (χ2v) is 5.33. The van der Waals surface area contributed by atoms with Gasteiger partial charge in [0.25, 0.3) is 0 Å². The number of rotatable bonds is 7. The van der Waals surface area contributed by atoms with Crippen molar-refractivity contribution in [2.24, 2.45) is 0 Å². The van der Waals surface area contributed by atoms with Gasteiger partial charge in [-0.25, -0.2) is 0 Å². The molecule has 2 N–H and O–H groups in total. The fraction of sp³-hybridized carbons (Fsp3) is 0.222. The molecule has 2 aromatic carbocycles. The van der Waals surface area contributed by atoms with Gasteiger partial charge in [0, 0.05) is 24.7 Å². The van der Waals surface area contributed by atoms with E-state index in [0.29, 0.717) is 18.3 Å². The molecule has 3 rings (SSSR count). The molecule has 0 unspecified atom stereocenters. The maximum absolute atomic E-state index is 9.33. The van der Waals surface area contributed by atoms with Gasteiger partial charge in [-0.05, 0) is 23.8 Å². The molecule has 0 radical (unpaired) electrons. The van der Waals surface area contributed by atoms with Crippen molar-refractivity contribution in [2.45, 2.75) is 26.7 Å². The van der Waals surface area contributed by atoms with E-state index in [0.717, 1.165) is 22.6 Å². The number of para-hydroxylation sites is 1. The van der Waals surface area contributed by atoms with Crippen LogP contribution in [0.15, 0.2) is 53.1 Å². The second-order valence-electron chi connectivity index (χ2n) is 5.33. The Labute approximate surface area is 140 Å². The Morgan fingerprint density at radius 1 is 1.12 bits per heavy atom. The minimum absolute atomic E-state index is 0.0194. The number of aryl methyl sites for hydroxylation is 1. The van der Waals surface area contributed by atoms with Gasteiger partial charge in [-0.1, -0.05) is 35.5 Å². The molecule has 0 aliphatic heterocycles. The van der Waals surface area contributed by atoms with Crippen molar-refractivity contribution < 1.29 is 14.4 Å². The first kappa shape index (κ1) is 16.0. The van der Waals surface area contributed by atoms with Crippen LogP contribution in [0.1, 0.15) is 22.8 Å². The normalized spacial score (nSPS) is 10.6. The van der Waals surface area contributed by atoms with Crippen molar-refractivity contribution in [3.05, 3.63) is 71.4 Å². The van der Waals surface area contributed by atoms with E-state index >= 15 is 0 Å². The van der Waals surface area contributed by atoms with E-state index in [9.17, 15) is 5.11 Å². The molecule has 3 aromatic rings. The third-order valence-corrected chi connectivity index (χ3v) is 3.53. The summed E-state index contributed by atoms with van der Waals surface area (Å²) in [6.45, 7) is 2.71. The number of aromatic nitrogens is 2. The van der Waals surface area contributed by atoms with Crippen LogP contribution >= 0.6 is 0 Å². The summed E-state index contributed by atoms with van der Waals surface area (Å²) < 4.78 is 10.5. The number of benzene rings is 2. The molecule has 6 heteroatoms. The monoisotopic (exact) mass is 325 g/mol. The number of hydrogen-bond acceptors (Lipinski definition) is 6. The summed E-state index contributed by atoms with van der Waals surface area (Å²) in [5.74, 6) is 1.80. The van der Waals surface area contributed by atoms with Crippen molar-refractivity contribution in [1.29, 1.82) is 0 Å². The third kappa shape index (κ3) is 4.11. The SMILES string of the molecule is Cc1nc(COc2ccc(CNc3ccccc3CO)cc2)no1. The molecule has 24 heavy (non-hydrogen) atoms. The van der Waals surface area contributed by atoms with E-state index < -0.39 is 0 Å². The topological polar surface area (TPSA) is 80.4 Å². The number of nitrogens with one attached hydrogen (secondary N) is 1. The lowest BCUT2D eigenvalue weighted by molar-refractivity contribution is 0.282. The standard InChI is InChI=1S/C18H19N3O3/c1-13-20-18(21-24-13)12-23-16-8-6-14(7-9-16)10-19-17-5-3-2-4-15(17)11-22/h2-9,19,22H,10-12H2,1H3. The zero-order chi connectivity index (χ0) is 16.8. The number of hydrogen-bond donors (Lipinski definition) is 2. The zero-order valence-electron chi connectivity index (χ0n) is 13.4. The molecule has 0 aliphatic carbocycles. The maximum atomic E-state index is 9.33. The van der Waals surface area contributed by atoms with Crippen LogP contribution in [-0.4, -0.2) is 15.2 Å². The Morgan fingerprint density at radius 2 is 1.92 bits per heavy atom. The number of aliphatic hydroxyl groups is 1. The van der Waals surface area contributed by atoms with Crippen molar-refractivity contribution in [3.63, 3.8) is 0 Å². The predicted molar refractivity (Wildman–Crippen MR) is 89.5 cm³/mol. The molecule has 0 saturated carbocycles. The molecule has 1 aromatic heterocycles. The summed E-state index contributed by atoms with van der Waals surface area (Å²) in [7, 11) is 0. The number of ether oxygens (including phenoxy) is 1. The molecule has 0 bridgehead atoms. The fourth-order valence-electron chi connectivity index (χ4n) is 2.28. The first-order chi connectivity index (χ1) is 11.7. The molecule has 0 atom stereocenters. The highest BCUT2D eigenvalue weighted by Gasteiger charge is 2.04. The summed E-state index contributed by atoms with van der Waals surface area (Å²) in [5.41, 5.74) is 2.94. The van der Waals surface area contributed by atoms with Crippen molar-refractivity contribution >= 4 is 5.69 Å². The largest absolute Gasteiger partial charge is 0.485 e. The molecule has 124 valence electrons. The van der Waals surface area contributed by atoms with E-state index in [1.807, 2.05) is 48.5 Å². The van der Waals surface area contributed by atoms with Gasteiger partial charge in [-0.15, -0.1) is 0 Å². The highest BCUT2D eigenvalue weighted by atomic mass is 16.5. The van der Waals surface area contributed by atoms with Crippen LogP contribution in [0.25, 0.3) is 0 Å². The van der Waals surface area contributed by atoms with Gasteiger partial charge in [0.2, 0.25) is 11.7 Å². The summed E-state index contributed by atoms with van der Waals surface area (Å²) in [6.07, 6.45) is 0. The Balaban J connectivity index is 1.54. The van der Waals surface area contributed by atoms with E-state index in [1.54, 1.807) is 6.92 Å². The summed E-state index contributed by atoms with van der Waals surface area (Å²) in [6, 6.07) is 15.5. The van der Waals surface area contributed by atoms with Crippen molar-refractivity contribution in [2.75, 3.05) is 5.32 Å². The van der Waals surface area contributed by atoms with Gasteiger partial charge >= 0.3 is 0 Å². The van der Waals surface area contributed by atoms with Crippen LogP contribution in [0.4, 0.5) is 5.69 Å². The Bertz CT molecular complexity index is 784. The lowest BCUT2D eigenvalue weighted by atomic mass is 10.1. The molecule has 0 fully saturated rings. The summed E-state index contributed by atoms with van der Waals surface area (Å²) in [5, 5.41) is 16.4. The molecule has 0 aliphatic rings. The molecular formula is C18H19N3O3. The van der Waals surface area contributed by atoms with Gasteiger partial charge < -0.3 is 19.7 Å². The van der Waals surface area contributed by atoms with Crippen LogP contribution in [-0.2, 0) is 19.8 Å². The van der Waals surface area contributed by atoms with Gasteiger partial charge in [-0.3, -0.25) is 0 Å². The highest BCUT2D eigenvalue weighted by Crippen LogP contribution is 2.18. The third-order valence-electron chi connectivity index (χ3n) is 3.53. The highest BCUT2D eigenvalue weighted by molar-refractivity contribution is 5.51. The number of nitrogens with zero attached hydrogens (tertiary/aromatic N) is 2.